The molecule has 1 heterocycles. The molecule has 0 spiro atoms. The molecule has 0 aliphatic carbocycles. The molecular formula is C14H25NO3S2. The summed E-state index contributed by atoms with van der Waals surface area (Å²) >= 11 is 1.30. The van der Waals surface area contributed by atoms with E-state index >= 15 is 0 Å². The molecule has 0 aliphatic rings. The quantitative estimate of drug-likeness (QED) is 0.774. The minimum atomic E-state index is -3.42. The summed E-state index contributed by atoms with van der Waals surface area (Å²) in [4.78, 5) is 1.03. The Morgan fingerprint density at radius 1 is 1.35 bits per heavy atom. The molecule has 2 N–H and O–H groups in total. The smallest absolute Gasteiger partial charge is 0.250 e. The van der Waals surface area contributed by atoms with Crippen LogP contribution in [0.25, 0.3) is 0 Å². The van der Waals surface area contributed by atoms with Crippen molar-refractivity contribution < 1.29 is 13.5 Å². The van der Waals surface area contributed by atoms with Crippen LogP contribution in [0.4, 0.5) is 0 Å². The third kappa shape index (κ3) is 5.16. The standard InChI is InChI=1S/C14H25NO3S2/c1-10(2)7-13(5-6-16)9-15-20(17,18)14-8-11(3)12(4)19-14/h8,10,13,15-16H,5-7,9H2,1-4H3. The maximum absolute atomic E-state index is 12.2. The van der Waals surface area contributed by atoms with Crippen LogP contribution in [0.15, 0.2) is 10.3 Å². The molecule has 1 aromatic rings. The largest absolute Gasteiger partial charge is 0.396 e. The Labute approximate surface area is 126 Å². The highest BCUT2D eigenvalue weighted by molar-refractivity contribution is 7.91. The highest BCUT2D eigenvalue weighted by Gasteiger charge is 2.20. The molecule has 0 aliphatic heterocycles. The maximum Gasteiger partial charge on any atom is 0.250 e. The van der Waals surface area contributed by atoms with Gasteiger partial charge in [-0.1, -0.05) is 13.8 Å². The van der Waals surface area contributed by atoms with Crippen LogP contribution in [0.1, 0.15) is 37.1 Å². The van der Waals surface area contributed by atoms with Gasteiger partial charge < -0.3 is 5.11 Å². The van der Waals surface area contributed by atoms with Crippen molar-refractivity contribution in [3.63, 3.8) is 0 Å². The SMILES string of the molecule is Cc1cc(S(=O)(=O)NCC(CCO)CC(C)C)sc1C. The molecule has 1 unspecified atom stereocenters. The van der Waals surface area contributed by atoms with Gasteiger partial charge in [-0.15, -0.1) is 11.3 Å². The van der Waals surface area contributed by atoms with Gasteiger partial charge >= 0.3 is 0 Å². The zero-order valence-electron chi connectivity index (χ0n) is 12.6. The molecule has 1 rings (SSSR count). The molecule has 0 radical (unpaired) electrons. The van der Waals surface area contributed by atoms with Gasteiger partial charge in [0.2, 0.25) is 10.0 Å². The van der Waals surface area contributed by atoms with Crippen LogP contribution in [0.5, 0.6) is 0 Å². The van der Waals surface area contributed by atoms with Crippen molar-refractivity contribution in [3.05, 3.63) is 16.5 Å². The summed E-state index contributed by atoms with van der Waals surface area (Å²) in [5, 5.41) is 9.06. The van der Waals surface area contributed by atoms with E-state index in [4.69, 9.17) is 5.11 Å². The van der Waals surface area contributed by atoms with Crippen LogP contribution in [-0.2, 0) is 10.0 Å². The van der Waals surface area contributed by atoms with Gasteiger partial charge in [0.25, 0.3) is 0 Å². The molecule has 0 aromatic carbocycles. The maximum atomic E-state index is 12.2. The molecule has 0 fully saturated rings. The summed E-state index contributed by atoms with van der Waals surface area (Å²) in [6.45, 7) is 8.52. The monoisotopic (exact) mass is 319 g/mol. The van der Waals surface area contributed by atoms with E-state index in [1.807, 2.05) is 13.8 Å². The molecule has 0 saturated carbocycles. The normalized spacial score (nSPS) is 13.9. The highest BCUT2D eigenvalue weighted by Crippen LogP contribution is 2.25. The van der Waals surface area contributed by atoms with Crippen molar-refractivity contribution in [2.45, 2.75) is 44.7 Å². The number of nitrogens with one attached hydrogen (secondary N) is 1. The van der Waals surface area contributed by atoms with Crippen LogP contribution >= 0.6 is 11.3 Å². The summed E-state index contributed by atoms with van der Waals surface area (Å²) in [5.74, 6) is 0.666. The Balaban J connectivity index is 2.70. The summed E-state index contributed by atoms with van der Waals surface area (Å²) < 4.78 is 27.5. The molecule has 116 valence electrons. The van der Waals surface area contributed by atoms with Gasteiger partial charge in [0.05, 0.1) is 0 Å². The van der Waals surface area contributed by atoms with Crippen LogP contribution in [0.3, 0.4) is 0 Å². The summed E-state index contributed by atoms with van der Waals surface area (Å²) in [6, 6.07) is 1.71. The lowest BCUT2D eigenvalue weighted by atomic mass is 9.95. The van der Waals surface area contributed by atoms with E-state index in [-0.39, 0.29) is 12.5 Å². The average Bonchev–Trinajstić information content (AvgIpc) is 2.67. The molecule has 1 atom stereocenters. The minimum Gasteiger partial charge on any atom is -0.396 e. The number of rotatable bonds is 8. The first-order chi connectivity index (χ1) is 9.26. The third-order valence-corrected chi connectivity index (χ3v) is 6.36. The van der Waals surface area contributed by atoms with E-state index in [2.05, 4.69) is 18.6 Å². The van der Waals surface area contributed by atoms with E-state index < -0.39 is 10.0 Å². The summed E-state index contributed by atoms with van der Waals surface area (Å²) in [5.41, 5.74) is 1.00. The van der Waals surface area contributed by atoms with E-state index in [1.165, 1.54) is 11.3 Å². The molecular weight excluding hydrogens is 294 g/mol. The Kier molecular flexibility index (Phi) is 6.64. The molecule has 6 heteroatoms. The van der Waals surface area contributed by atoms with Gasteiger partial charge in [-0.2, -0.15) is 0 Å². The van der Waals surface area contributed by atoms with Crippen LogP contribution in [0, 0.1) is 25.7 Å². The Morgan fingerprint density at radius 3 is 2.45 bits per heavy atom. The van der Waals surface area contributed by atoms with E-state index in [1.54, 1.807) is 6.07 Å². The summed E-state index contributed by atoms with van der Waals surface area (Å²) in [6.07, 6.45) is 1.54. The van der Waals surface area contributed by atoms with Gasteiger partial charge in [-0.3, -0.25) is 0 Å². The van der Waals surface area contributed by atoms with Crippen molar-refractivity contribution in [1.29, 1.82) is 0 Å². The number of sulfonamides is 1. The molecule has 20 heavy (non-hydrogen) atoms. The second-order valence-corrected chi connectivity index (χ2v) is 8.91. The topological polar surface area (TPSA) is 66.4 Å². The van der Waals surface area contributed by atoms with Crippen molar-refractivity contribution in [1.82, 2.24) is 4.72 Å². The lowest BCUT2D eigenvalue weighted by Crippen LogP contribution is -2.30. The molecule has 4 nitrogen and oxygen atoms in total. The Bertz CT molecular complexity index is 501. The van der Waals surface area contributed by atoms with Crippen LogP contribution in [0.2, 0.25) is 0 Å². The van der Waals surface area contributed by atoms with Crippen molar-refractivity contribution in [2.75, 3.05) is 13.2 Å². The van der Waals surface area contributed by atoms with Gasteiger partial charge in [0.15, 0.2) is 0 Å². The zero-order chi connectivity index (χ0) is 15.3. The van der Waals surface area contributed by atoms with Crippen molar-refractivity contribution in [2.24, 2.45) is 11.8 Å². The van der Waals surface area contributed by atoms with Crippen molar-refractivity contribution in [3.8, 4) is 0 Å². The Morgan fingerprint density at radius 2 is 2.00 bits per heavy atom. The first-order valence-electron chi connectivity index (χ1n) is 6.93. The van der Waals surface area contributed by atoms with E-state index in [0.717, 1.165) is 16.9 Å². The number of aliphatic hydroxyl groups excluding tert-OH is 1. The first-order valence-corrected chi connectivity index (χ1v) is 9.23. The second kappa shape index (κ2) is 7.54. The fourth-order valence-corrected chi connectivity index (χ4v) is 4.80. The fraction of sp³-hybridized carbons (Fsp3) is 0.714. The van der Waals surface area contributed by atoms with E-state index in [0.29, 0.717) is 23.1 Å². The lowest BCUT2D eigenvalue weighted by Gasteiger charge is -2.18. The first kappa shape index (κ1) is 17.6. The van der Waals surface area contributed by atoms with Crippen LogP contribution < -0.4 is 4.72 Å². The second-order valence-electron chi connectivity index (χ2n) is 5.66. The number of aliphatic hydroxyl groups is 1. The molecule has 0 amide bonds. The lowest BCUT2D eigenvalue weighted by molar-refractivity contribution is 0.243. The summed E-state index contributed by atoms with van der Waals surface area (Å²) in [7, 11) is -3.42. The van der Waals surface area contributed by atoms with Gasteiger partial charge in [-0.05, 0) is 50.2 Å². The highest BCUT2D eigenvalue weighted by atomic mass is 32.2. The molecule has 1 aromatic heterocycles. The van der Waals surface area contributed by atoms with Crippen LogP contribution in [-0.4, -0.2) is 26.7 Å². The molecule has 0 saturated heterocycles. The van der Waals surface area contributed by atoms with Gasteiger partial charge in [0, 0.05) is 18.0 Å². The fourth-order valence-electron chi connectivity index (χ4n) is 2.12. The number of aryl methyl sites for hydroxylation is 2. The predicted octanol–water partition coefficient (Wildman–Crippen LogP) is 2.69. The average molecular weight is 319 g/mol. The van der Waals surface area contributed by atoms with Gasteiger partial charge in [-0.25, -0.2) is 13.1 Å². The zero-order valence-corrected chi connectivity index (χ0v) is 14.3. The van der Waals surface area contributed by atoms with Gasteiger partial charge in [0.1, 0.15) is 4.21 Å². The Hall–Kier alpha value is -0.430. The number of thiophene rings is 1. The number of hydrogen-bond acceptors (Lipinski definition) is 4. The third-order valence-electron chi connectivity index (χ3n) is 3.31. The predicted molar refractivity (Wildman–Crippen MR) is 83.6 cm³/mol. The minimum absolute atomic E-state index is 0.0936. The molecule has 0 bridgehead atoms. The van der Waals surface area contributed by atoms with E-state index in [9.17, 15) is 8.42 Å². The van der Waals surface area contributed by atoms with Crippen molar-refractivity contribution >= 4 is 21.4 Å². The number of hydrogen-bond donors (Lipinski definition) is 2.